The van der Waals surface area contributed by atoms with Crippen LogP contribution in [0.5, 0.6) is 0 Å². The molecule has 3 heterocycles. The van der Waals surface area contributed by atoms with Crippen molar-refractivity contribution in [3.05, 3.63) is 82.5 Å². The normalized spacial score (nSPS) is 15.0. The summed E-state index contributed by atoms with van der Waals surface area (Å²) < 4.78 is 5.56. The molecule has 7 heteroatoms. The highest BCUT2D eigenvalue weighted by molar-refractivity contribution is 5.69. The smallest absolute Gasteiger partial charge is 0.410 e. The van der Waals surface area contributed by atoms with E-state index in [0.717, 1.165) is 48.1 Å². The van der Waals surface area contributed by atoms with Crippen LogP contribution in [0.4, 0.5) is 16.6 Å². The van der Waals surface area contributed by atoms with Crippen molar-refractivity contribution in [1.29, 1.82) is 0 Å². The summed E-state index contributed by atoms with van der Waals surface area (Å²) in [6.07, 6.45) is 1.39. The van der Waals surface area contributed by atoms with Crippen molar-refractivity contribution in [3.63, 3.8) is 0 Å². The minimum atomic E-state index is -0.300. The number of nitrogens with zero attached hydrogens (tertiary/aromatic N) is 5. The lowest BCUT2D eigenvalue weighted by molar-refractivity contribution is 0.0916. The number of carbonyl (C=O) groups excluding carboxylic acids is 1. The van der Waals surface area contributed by atoms with E-state index < -0.39 is 0 Å². The Morgan fingerprint density at radius 1 is 0.939 bits per heavy atom. The summed E-state index contributed by atoms with van der Waals surface area (Å²) >= 11 is 0. The van der Waals surface area contributed by atoms with Crippen molar-refractivity contribution in [3.8, 4) is 0 Å². The number of hydrogen-bond donors (Lipinski definition) is 0. The highest BCUT2D eigenvalue weighted by Gasteiger charge is 2.29. The zero-order valence-electron chi connectivity index (χ0n) is 19.2. The Hall–Kier alpha value is -3.61. The molecule has 7 nitrogen and oxygen atoms in total. The van der Waals surface area contributed by atoms with Gasteiger partial charge in [-0.05, 0) is 23.1 Å². The second-order valence-electron chi connectivity index (χ2n) is 8.82. The van der Waals surface area contributed by atoms with Crippen molar-refractivity contribution in [1.82, 2.24) is 14.9 Å². The average molecular weight is 444 g/mol. The molecule has 2 aromatic carbocycles. The summed E-state index contributed by atoms with van der Waals surface area (Å²) in [7, 11) is 3.98. The van der Waals surface area contributed by atoms with Crippen molar-refractivity contribution < 1.29 is 9.53 Å². The molecular weight excluding hydrogens is 414 g/mol. The molecule has 0 spiro atoms. The third-order valence-electron chi connectivity index (χ3n) is 6.33. The Morgan fingerprint density at radius 3 is 2.48 bits per heavy atom. The summed E-state index contributed by atoms with van der Waals surface area (Å²) in [5.74, 6) is 1.64. The maximum atomic E-state index is 12.7. The molecule has 0 radical (unpaired) electrons. The van der Waals surface area contributed by atoms with Gasteiger partial charge in [-0.15, -0.1) is 0 Å². The Labute approximate surface area is 194 Å². The van der Waals surface area contributed by atoms with Crippen molar-refractivity contribution in [2.24, 2.45) is 0 Å². The van der Waals surface area contributed by atoms with Gasteiger partial charge in [0, 0.05) is 45.7 Å². The zero-order chi connectivity index (χ0) is 22.8. The van der Waals surface area contributed by atoms with Crippen LogP contribution in [0.1, 0.15) is 27.9 Å². The van der Waals surface area contributed by atoms with Crippen LogP contribution in [0.2, 0.25) is 0 Å². The van der Waals surface area contributed by atoms with E-state index in [-0.39, 0.29) is 12.7 Å². The third kappa shape index (κ3) is 4.49. The summed E-state index contributed by atoms with van der Waals surface area (Å²) in [4.78, 5) is 28.6. The molecule has 1 amide bonds. The van der Waals surface area contributed by atoms with E-state index in [1.54, 1.807) is 4.90 Å². The molecule has 0 N–H and O–H groups in total. The summed E-state index contributed by atoms with van der Waals surface area (Å²) in [6, 6.07) is 18.3. The third-order valence-corrected chi connectivity index (χ3v) is 6.33. The molecule has 0 bridgehead atoms. The van der Waals surface area contributed by atoms with E-state index in [1.807, 2.05) is 49.3 Å². The predicted molar refractivity (Wildman–Crippen MR) is 128 cm³/mol. The number of carbonyl (C=O) groups is 1. The standard InChI is InChI=1S/C26H29N5O2/c1-29(2)24-22-17-31(26(32)33-18-19-8-4-3-5-9-19)15-13-23(22)27-25(28-24)30-14-12-20-10-6-7-11-21(20)16-30/h3-11H,12-18H2,1-2H3. The van der Waals surface area contributed by atoms with Gasteiger partial charge in [0.05, 0.1) is 12.2 Å². The average Bonchev–Trinajstić information content (AvgIpc) is 2.86. The summed E-state index contributed by atoms with van der Waals surface area (Å²) in [6.45, 7) is 3.04. The van der Waals surface area contributed by atoms with Gasteiger partial charge in [-0.1, -0.05) is 54.6 Å². The molecule has 170 valence electrons. The van der Waals surface area contributed by atoms with Crippen LogP contribution in [-0.4, -0.2) is 48.1 Å². The van der Waals surface area contributed by atoms with Gasteiger partial charge in [-0.3, -0.25) is 0 Å². The molecule has 33 heavy (non-hydrogen) atoms. The van der Waals surface area contributed by atoms with Crippen LogP contribution >= 0.6 is 0 Å². The number of ether oxygens (including phenoxy) is 1. The molecule has 0 saturated heterocycles. The number of amides is 1. The van der Waals surface area contributed by atoms with Crippen LogP contribution in [0.15, 0.2) is 54.6 Å². The fraction of sp³-hybridized carbons (Fsp3) is 0.346. The number of fused-ring (bicyclic) bond motifs is 2. The second kappa shape index (κ2) is 9.10. The van der Waals surface area contributed by atoms with Crippen LogP contribution in [0.3, 0.4) is 0 Å². The van der Waals surface area contributed by atoms with Crippen LogP contribution < -0.4 is 9.80 Å². The molecule has 0 saturated carbocycles. The molecule has 5 rings (SSSR count). The number of rotatable bonds is 4. The number of aromatic nitrogens is 2. The number of anilines is 2. The van der Waals surface area contributed by atoms with Crippen LogP contribution in [0, 0.1) is 0 Å². The van der Waals surface area contributed by atoms with E-state index in [9.17, 15) is 4.79 Å². The first-order chi connectivity index (χ1) is 16.1. The fourth-order valence-corrected chi connectivity index (χ4v) is 4.53. The van der Waals surface area contributed by atoms with E-state index in [4.69, 9.17) is 14.7 Å². The van der Waals surface area contributed by atoms with Gasteiger partial charge in [0.25, 0.3) is 0 Å². The first-order valence-electron chi connectivity index (χ1n) is 11.4. The highest BCUT2D eigenvalue weighted by atomic mass is 16.6. The Morgan fingerprint density at radius 2 is 1.70 bits per heavy atom. The lowest BCUT2D eigenvalue weighted by Gasteiger charge is -2.33. The van der Waals surface area contributed by atoms with Crippen LogP contribution in [0.25, 0.3) is 0 Å². The van der Waals surface area contributed by atoms with E-state index in [0.29, 0.717) is 19.5 Å². The zero-order valence-corrected chi connectivity index (χ0v) is 19.2. The number of benzene rings is 2. The van der Waals surface area contributed by atoms with E-state index in [2.05, 4.69) is 29.2 Å². The van der Waals surface area contributed by atoms with Crippen LogP contribution in [-0.2, 0) is 37.3 Å². The molecule has 0 unspecified atom stereocenters. The van der Waals surface area contributed by atoms with Crippen molar-refractivity contribution in [2.75, 3.05) is 37.0 Å². The summed E-state index contributed by atoms with van der Waals surface area (Å²) in [5, 5.41) is 0. The highest BCUT2D eigenvalue weighted by Crippen LogP contribution is 2.30. The van der Waals surface area contributed by atoms with Crippen molar-refractivity contribution >= 4 is 17.9 Å². The molecule has 0 aliphatic carbocycles. The van der Waals surface area contributed by atoms with E-state index >= 15 is 0 Å². The second-order valence-corrected chi connectivity index (χ2v) is 8.82. The minimum Gasteiger partial charge on any atom is -0.445 e. The molecule has 0 fully saturated rings. The number of hydrogen-bond acceptors (Lipinski definition) is 6. The van der Waals surface area contributed by atoms with Gasteiger partial charge in [-0.2, -0.15) is 4.98 Å². The molecular formula is C26H29N5O2. The van der Waals surface area contributed by atoms with E-state index in [1.165, 1.54) is 11.1 Å². The fourth-order valence-electron chi connectivity index (χ4n) is 4.53. The molecule has 2 aliphatic rings. The molecule has 2 aliphatic heterocycles. The molecule has 0 atom stereocenters. The van der Waals surface area contributed by atoms with Crippen molar-refractivity contribution in [2.45, 2.75) is 32.5 Å². The maximum Gasteiger partial charge on any atom is 0.410 e. The predicted octanol–water partition coefficient (Wildman–Crippen LogP) is 3.80. The quantitative estimate of drug-likeness (QED) is 0.611. The lowest BCUT2D eigenvalue weighted by Crippen LogP contribution is -2.39. The minimum absolute atomic E-state index is 0.273. The van der Waals surface area contributed by atoms with Gasteiger partial charge >= 0.3 is 6.09 Å². The topological polar surface area (TPSA) is 61.8 Å². The van der Waals surface area contributed by atoms with Gasteiger partial charge < -0.3 is 19.4 Å². The SMILES string of the molecule is CN(C)c1nc(N2CCc3ccccc3C2)nc2c1CN(C(=O)OCc1ccccc1)CC2. The maximum absolute atomic E-state index is 12.7. The Balaban J connectivity index is 1.34. The van der Waals surface area contributed by atoms with Gasteiger partial charge in [0.1, 0.15) is 12.4 Å². The summed E-state index contributed by atoms with van der Waals surface area (Å²) in [5.41, 5.74) is 5.75. The first-order valence-corrected chi connectivity index (χ1v) is 11.4. The first kappa shape index (κ1) is 21.2. The lowest BCUT2D eigenvalue weighted by atomic mass is 10.0. The molecule has 3 aromatic rings. The monoisotopic (exact) mass is 443 g/mol. The Bertz CT molecular complexity index is 1150. The van der Waals surface area contributed by atoms with Gasteiger partial charge in [-0.25, -0.2) is 9.78 Å². The largest absolute Gasteiger partial charge is 0.445 e. The molecule has 1 aromatic heterocycles. The van der Waals surface area contributed by atoms with Gasteiger partial charge in [0.2, 0.25) is 5.95 Å². The Kier molecular flexibility index (Phi) is 5.86. The van der Waals surface area contributed by atoms with Gasteiger partial charge in [0.15, 0.2) is 0 Å².